The summed E-state index contributed by atoms with van der Waals surface area (Å²) in [5.41, 5.74) is 0.859. The van der Waals surface area contributed by atoms with Gasteiger partial charge in [-0.15, -0.1) is 0 Å². The number of hydrogen-bond donors (Lipinski definition) is 1. The van der Waals surface area contributed by atoms with Gasteiger partial charge in [0.05, 0.1) is 12.6 Å². The standard InChI is InChI=1S/C15H18ClNO5/c1-9-5-11(3-4-12(9)16)21-8-14(18)17-6-10(2)22-13(7-17)15(19)20/h3-5,10,13H,6-8H2,1-2H3,(H,19,20)/t10-,13?/m1/s1. The molecule has 7 heteroatoms. The van der Waals surface area contributed by atoms with Crippen molar-refractivity contribution in [3.05, 3.63) is 28.8 Å². The number of carbonyl (C=O) groups excluding carboxylic acids is 1. The fourth-order valence-corrected chi connectivity index (χ4v) is 2.35. The van der Waals surface area contributed by atoms with E-state index < -0.39 is 12.1 Å². The van der Waals surface area contributed by atoms with Gasteiger partial charge in [-0.1, -0.05) is 11.6 Å². The van der Waals surface area contributed by atoms with Crippen LogP contribution in [0.2, 0.25) is 5.02 Å². The normalized spacial score (nSPS) is 21.5. The molecule has 1 saturated heterocycles. The summed E-state index contributed by atoms with van der Waals surface area (Å²) in [7, 11) is 0. The third-order valence-electron chi connectivity index (χ3n) is 3.38. The highest BCUT2D eigenvalue weighted by molar-refractivity contribution is 6.31. The van der Waals surface area contributed by atoms with E-state index in [0.29, 0.717) is 17.3 Å². The Balaban J connectivity index is 1.93. The Morgan fingerprint density at radius 2 is 2.18 bits per heavy atom. The van der Waals surface area contributed by atoms with Gasteiger partial charge in [-0.3, -0.25) is 4.79 Å². The number of carboxylic acid groups (broad SMARTS) is 1. The van der Waals surface area contributed by atoms with Gasteiger partial charge in [-0.25, -0.2) is 4.79 Å². The maximum absolute atomic E-state index is 12.2. The van der Waals surface area contributed by atoms with Gasteiger partial charge in [-0.05, 0) is 37.6 Å². The minimum absolute atomic E-state index is 0.0293. The van der Waals surface area contributed by atoms with Crippen LogP contribution in [0.4, 0.5) is 0 Å². The molecule has 6 nitrogen and oxygen atoms in total. The van der Waals surface area contributed by atoms with Crippen LogP contribution in [0.5, 0.6) is 5.75 Å². The molecule has 1 aliphatic heterocycles. The highest BCUT2D eigenvalue weighted by atomic mass is 35.5. The minimum Gasteiger partial charge on any atom is -0.484 e. The Kier molecular flexibility index (Phi) is 5.26. The molecule has 1 heterocycles. The van der Waals surface area contributed by atoms with Crippen molar-refractivity contribution >= 4 is 23.5 Å². The van der Waals surface area contributed by atoms with E-state index in [4.69, 9.17) is 26.2 Å². The van der Waals surface area contributed by atoms with Crippen LogP contribution in [-0.2, 0) is 14.3 Å². The summed E-state index contributed by atoms with van der Waals surface area (Å²) in [6, 6.07) is 5.14. The number of amides is 1. The predicted octanol–water partition coefficient (Wildman–Crippen LogP) is 1.73. The summed E-state index contributed by atoms with van der Waals surface area (Å²) >= 11 is 5.93. The number of benzene rings is 1. The van der Waals surface area contributed by atoms with E-state index in [1.807, 2.05) is 6.92 Å². The monoisotopic (exact) mass is 327 g/mol. The average Bonchev–Trinajstić information content (AvgIpc) is 2.47. The van der Waals surface area contributed by atoms with Crippen molar-refractivity contribution in [2.75, 3.05) is 19.7 Å². The van der Waals surface area contributed by atoms with Crippen LogP contribution in [-0.4, -0.2) is 53.8 Å². The molecule has 0 aromatic heterocycles. The first-order chi connectivity index (χ1) is 10.4. The Hall–Kier alpha value is -1.79. The molecule has 1 unspecified atom stereocenters. The quantitative estimate of drug-likeness (QED) is 0.911. The fourth-order valence-electron chi connectivity index (χ4n) is 2.23. The maximum atomic E-state index is 12.2. The zero-order chi connectivity index (χ0) is 16.3. The van der Waals surface area contributed by atoms with Gasteiger partial charge < -0.3 is 19.5 Å². The Morgan fingerprint density at radius 3 is 2.82 bits per heavy atom. The highest BCUT2D eigenvalue weighted by Gasteiger charge is 2.32. The SMILES string of the molecule is Cc1cc(OCC(=O)N2CC(C(=O)O)O[C@H](C)C2)ccc1Cl. The van der Waals surface area contributed by atoms with Gasteiger partial charge in [0.25, 0.3) is 5.91 Å². The van der Waals surface area contributed by atoms with Gasteiger partial charge in [-0.2, -0.15) is 0 Å². The summed E-state index contributed by atoms with van der Waals surface area (Å²) < 4.78 is 10.7. The molecule has 1 aromatic rings. The summed E-state index contributed by atoms with van der Waals surface area (Å²) in [6.45, 7) is 3.81. The lowest BCUT2D eigenvalue weighted by Gasteiger charge is -2.34. The van der Waals surface area contributed by atoms with E-state index in [9.17, 15) is 9.59 Å². The molecule has 0 spiro atoms. The largest absolute Gasteiger partial charge is 0.484 e. The van der Waals surface area contributed by atoms with Crippen molar-refractivity contribution < 1.29 is 24.2 Å². The molecule has 1 N–H and O–H groups in total. The zero-order valence-electron chi connectivity index (χ0n) is 12.4. The third kappa shape index (κ3) is 4.11. The van der Waals surface area contributed by atoms with Crippen LogP contribution in [0.1, 0.15) is 12.5 Å². The number of aliphatic carboxylic acids is 1. The van der Waals surface area contributed by atoms with Gasteiger partial charge in [0.1, 0.15) is 5.75 Å². The molecule has 120 valence electrons. The first kappa shape index (κ1) is 16.6. The number of nitrogens with zero attached hydrogens (tertiary/aromatic N) is 1. The number of morpholine rings is 1. The maximum Gasteiger partial charge on any atom is 0.334 e. The molecule has 2 rings (SSSR count). The summed E-state index contributed by atoms with van der Waals surface area (Å²) in [5, 5.41) is 9.64. The van der Waals surface area contributed by atoms with E-state index in [0.717, 1.165) is 5.56 Å². The number of carbonyl (C=O) groups is 2. The third-order valence-corrected chi connectivity index (χ3v) is 3.80. The Morgan fingerprint density at radius 1 is 1.45 bits per heavy atom. The molecule has 1 aromatic carbocycles. The fraction of sp³-hybridized carbons (Fsp3) is 0.467. The van der Waals surface area contributed by atoms with Crippen LogP contribution in [0.25, 0.3) is 0 Å². The van der Waals surface area contributed by atoms with E-state index in [2.05, 4.69) is 0 Å². The van der Waals surface area contributed by atoms with Crippen LogP contribution in [0.3, 0.4) is 0 Å². The lowest BCUT2D eigenvalue weighted by molar-refractivity contribution is -0.167. The second-order valence-electron chi connectivity index (χ2n) is 5.27. The topological polar surface area (TPSA) is 76.1 Å². The van der Waals surface area contributed by atoms with Crippen LogP contribution < -0.4 is 4.74 Å². The van der Waals surface area contributed by atoms with Crippen LogP contribution in [0.15, 0.2) is 18.2 Å². The number of rotatable bonds is 4. The number of aryl methyl sites for hydroxylation is 1. The second-order valence-corrected chi connectivity index (χ2v) is 5.68. The molecule has 0 bridgehead atoms. The average molecular weight is 328 g/mol. The molecular weight excluding hydrogens is 310 g/mol. The van der Waals surface area contributed by atoms with Gasteiger partial charge in [0, 0.05) is 11.6 Å². The van der Waals surface area contributed by atoms with E-state index in [-0.39, 0.29) is 25.2 Å². The second kappa shape index (κ2) is 6.98. The van der Waals surface area contributed by atoms with Crippen LogP contribution in [0, 0.1) is 6.92 Å². The number of ether oxygens (including phenoxy) is 2. The van der Waals surface area contributed by atoms with Crippen molar-refractivity contribution in [2.24, 2.45) is 0 Å². The van der Waals surface area contributed by atoms with Gasteiger partial charge in [0.15, 0.2) is 12.7 Å². The van der Waals surface area contributed by atoms with Crippen molar-refractivity contribution in [3.63, 3.8) is 0 Å². The van der Waals surface area contributed by atoms with E-state index in [1.54, 1.807) is 25.1 Å². The molecule has 22 heavy (non-hydrogen) atoms. The molecule has 1 aliphatic rings. The zero-order valence-corrected chi connectivity index (χ0v) is 13.2. The van der Waals surface area contributed by atoms with Crippen molar-refractivity contribution in [3.8, 4) is 5.75 Å². The number of halogens is 1. The summed E-state index contributed by atoms with van der Waals surface area (Å²) in [4.78, 5) is 24.6. The first-order valence-corrected chi connectivity index (χ1v) is 7.29. The predicted molar refractivity (Wildman–Crippen MR) is 80.2 cm³/mol. The van der Waals surface area contributed by atoms with E-state index >= 15 is 0 Å². The highest BCUT2D eigenvalue weighted by Crippen LogP contribution is 2.21. The number of hydrogen-bond acceptors (Lipinski definition) is 4. The molecule has 0 radical (unpaired) electrons. The number of carboxylic acids is 1. The minimum atomic E-state index is -1.07. The molecule has 2 atom stereocenters. The van der Waals surface area contributed by atoms with Crippen molar-refractivity contribution in [1.82, 2.24) is 4.90 Å². The molecule has 1 fully saturated rings. The summed E-state index contributed by atoms with van der Waals surface area (Å²) in [5.74, 6) is -0.793. The molecule has 0 aliphatic carbocycles. The Labute approximate surface area is 133 Å². The van der Waals surface area contributed by atoms with Gasteiger partial charge >= 0.3 is 5.97 Å². The van der Waals surface area contributed by atoms with Crippen LogP contribution >= 0.6 is 11.6 Å². The van der Waals surface area contributed by atoms with E-state index in [1.165, 1.54) is 4.90 Å². The molecule has 0 saturated carbocycles. The smallest absolute Gasteiger partial charge is 0.334 e. The summed E-state index contributed by atoms with van der Waals surface area (Å²) in [6.07, 6.45) is -1.32. The first-order valence-electron chi connectivity index (χ1n) is 6.92. The van der Waals surface area contributed by atoms with Crippen molar-refractivity contribution in [1.29, 1.82) is 0 Å². The lowest BCUT2D eigenvalue weighted by atomic mass is 10.2. The van der Waals surface area contributed by atoms with Gasteiger partial charge in [0.2, 0.25) is 0 Å². The molecular formula is C15H18ClNO5. The lowest BCUT2D eigenvalue weighted by Crippen LogP contribution is -2.52. The van der Waals surface area contributed by atoms with Crippen molar-refractivity contribution in [2.45, 2.75) is 26.1 Å². The Bertz CT molecular complexity index is 577. The molecule has 1 amide bonds.